The molecule has 0 nitrogen and oxygen atoms in total. The van der Waals surface area contributed by atoms with Gasteiger partial charge in [0.05, 0.1) is 0 Å². The van der Waals surface area contributed by atoms with E-state index in [1.165, 1.54) is 33.4 Å². The summed E-state index contributed by atoms with van der Waals surface area (Å²) in [5.41, 5.74) is 7.48. The molecule has 0 N–H and O–H groups in total. The van der Waals surface area contributed by atoms with Crippen molar-refractivity contribution in [3.8, 4) is 0 Å². The Labute approximate surface area is 206 Å². The molecule has 2 aliphatic rings. The number of benzene rings is 2. The second kappa shape index (κ2) is 14.3. The molecule has 0 radical (unpaired) electrons. The van der Waals surface area contributed by atoms with Crippen LogP contribution in [0.1, 0.15) is 25.0 Å². The minimum atomic E-state index is 0. The van der Waals surface area contributed by atoms with Crippen molar-refractivity contribution in [2.75, 3.05) is 0 Å². The molecule has 0 aromatic heterocycles. The van der Waals surface area contributed by atoms with Gasteiger partial charge < -0.3 is 0 Å². The molecule has 3 heteroatoms. The van der Waals surface area contributed by atoms with E-state index in [4.69, 9.17) is 0 Å². The second-order valence-electron chi connectivity index (χ2n) is 6.15. The molecule has 0 spiro atoms. The molecule has 2 aromatic carbocycles. The van der Waals surface area contributed by atoms with Crippen molar-refractivity contribution < 1.29 is 26.2 Å². The summed E-state index contributed by atoms with van der Waals surface area (Å²) in [6.07, 6.45) is 18.5. The number of halogens is 2. The van der Waals surface area contributed by atoms with Crippen LogP contribution in [0.3, 0.4) is 0 Å². The van der Waals surface area contributed by atoms with Crippen molar-refractivity contribution in [1.29, 1.82) is 0 Å². The summed E-state index contributed by atoms with van der Waals surface area (Å²) < 4.78 is 0. The minimum Gasteiger partial charge on any atom is -0.177 e. The summed E-state index contributed by atoms with van der Waals surface area (Å²) in [5.74, 6) is 0. The minimum absolute atomic E-state index is 0. The molecule has 29 heavy (non-hydrogen) atoms. The van der Waals surface area contributed by atoms with Gasteiger partial charge in [-0.05, 0) is 0 Å². The average molecular weight is 499 g/mol. The van der Waals surface area contributed by atoms with Crippen LogP contribution in [-0.2, 0) is 26.2 Å². The smallest absolute Gasteiger partial charge is 0.177 e. The maximum atomic E-state index is 3.20. The summed E-state index contributed by atoms with van der Waals surface area (Å²) in [7, 11) is 0. The van der Waals surface area contributed by atoms with Gasteiger partial charge in [-0.25, -0.2) is 0 Å². The van der Waals surface area contributed by atoms with Crippen molar-refractivity contribution in [3.63, 3.8) is 0 Å². The molecular weight excluding hydrogens is 474 g/mol. The van der Waals surface area contributed by atoms with E-state index in [1.807, 2.05) is 36.4 Å². The monoisotopic (exact) mass is 496 g/mol. The van der Waals surface area contributed by atoms with E-state index in [1.54, 1.807) is 0 Å². The van der Waals surface area contributed by atoms with E-state index in [-0.39, 0.29) is 51.0 Å². The van der Waals surface area contributed by atoms with E-state index in [0.717, 1.165) is 0 Å². The van der Waals surface area contributed by atoms with Gasteiger partial charge in [-0.1, -0.05) is 85.6 Å². The molecule has 0 unspecified atom stereocenters. The fourth-order valence-electron chi connectivity index (χ4n) is 2.81. The summed E-state index contributed by atoms with van der Waals surface area (Å²) in [4.78, 5) is 0. The molecule has 0 heterocycles. The molecule has 2 aromatic rings. The number of hydrogen-bond acceptors (Lipinski definition) is 0. The molecule has 0 atom stereocenters. The Hall–Kier alpha value is -1.66. The molecule has 0 amide bonds. The van der Waals surface area contributed by atoms with Gasteiger partial charge in [0, 0.05) is 0 Å². The molecule has 0 saturated carbocycles. The Bertz CT molecular complexity index is 824. The van der Waals surface area contributed by atoms with Crippen molar-refractivity contribution in [3.05, 3.63) is 132 Å². The van der Waals surface area contributed by atoms with E-state index < -0.39 is 0 Å². The Morgan fingerprint density at radius 1 is 0.586 bits per heavy atom. The van der Waals surface area contributed by atoms with Crippen molar-refractivity contribution >= 4 is 36.0 Å². The first-order valence-corrected chi connectivity index (χ1v) is 8.81. The van der Waals surface area contributed by atoms with E-state index in [9.17, 15) is 0 Å². The first-order valence-electron chi connectivity index (χ1n) is 8.81. The zero-order valence-corrected chi connectivity index (χ0v) is 20.6. The largest absolute Gasteiger partial charge is 2.00 e. The summed E-state index contributed by atoms with van der Waals surface area (Å²) in [6.45, 7) is 4.25. The van der Waals surface area contributed by atoms with E-state index in [2.05, 4.69) is 86.7 Å². The van der Waals surface area contributed by atoms with Crippen LogP contribution in [0, 0.1) is 12.2 Å². The Morgan fingerprint density at radius 2 is 0.931 bits per heavy atom. The molecule has 146 valence electrons. The van der Waals surface area contributed by atoms with Gasteiger partial charge in [0.15, 0.2) is 0 Å². The Balaban J connectivity index is 0.000000490. The second-order valence-corrected chi connectivity index (χ2v) is 6.15. The van der Waals surface area contributed by atoms with Crippen LogP contribution >= 0.6 is 24.8 Å². The zero-order valence-electron chi connectivity index (χ0n) is 16.6. The van der Waals surface area contributed by atoms with E-state index in [0.29, 0.717) is 0 Å². The maximum Gasteiger partial charge on any atom is 2.00 e. The SMILES string of the molecule is CC(=C1[C-]=CC=C1)c1ccccc1.CC(=C1[C-]=CC=C1)c1ccccc1.Cl.Cl.[Zr+2]. The van der Waals surface area contributed by atoms with Gasteiger partial charge >= 0.3 is 26.2 Å². The van der Waals surface area contributed by atoms with Gasteiger partial charge in [-0.15, -0.1) is 48.1 Å². The van der Waals surface area contributed by atoms with Crippen LogP contribution in [0.5, 0.6) is 0 Å². The van der Waals surface area contributed by atoms with Crippen molar-refractivity contribution in [2.45, 2.75) is 13.8 Å². The molecule has 0 saturated heterocycles. The molecule has 0 bridgehead atoms. The predicted octanol–water partition coefficient (Wildman–Crippen LogP) is 7.62. The summed E-state index contributed by atoms with van der Waals surface area (Å²) in [5, 5.41) is 0. The van der Waals surface area contributed by atoms with Gasteiger partial charge in [0.1, 0.15) is 0 Å². The van der Waals surface area contributed by atoms with Gasteiger partial charge in [0.2, 0.25) is 0 Å². The third kappa shape index (κ3) is 7.94. The van der Waals surface area contributed by atoms with Crippen LogP contribution in [0.15, 0.2) is 108 Å². The maximum absolute atomic E-state index is 3.20. The Morgan fingerprint density at radius 3 is 1.21 bits per heavy atom. The summed E-state index contributed by atoms with van der Waals surface area (Å²) in [6, 6.07) is 20.8. The van der Waals surface area contributed by atoms with Gasteiger partial charge in [0.25, 0.3) is 0 Å². The van der Waals surface area contributed by atoms with Gasteiger partial charge in [-0.3, -0.25) is 0 Å². The first kappa shape index (κ1) is 27.3. The number of allylic oxidation sites excluding steroid dienone is 12. The third-order valence-electron chi connectivity index (χ3n) is 4.42. The first-order chi connectivity index (χ1) is 12.8. The molecule has 2 aliphatic carbocycles. The number of rotatable bonds is 2. The normalized spacial score (nSPS) is 16.1. The Kier molecular flexibility index (Phi) is 13.5. The summed E-state index contributed by atoms with van der Waals surface area (Å²) >= 11 is 0. The molecular formula is C26H24Cl2Zr. The topological polar surface area (TPSA) is 0 Å². The van der Waals surface area contributed by atoms with Crippen molar-refractivity contribution in [1.82, 2.24) is 0 Å². The zero-order chi connectivity index (χ0) is 18.2. The van der Waals surface area contributed by atoms with E-state index >= 15 is 0 Å². The average Bonchev–Trinajstić information content (AvgIpc) is 3.43. The van der Waals surface area contributed by atoms with Crippen molar-refractivity contribution in [2.24, 2.45) is 0 Å². The molecule has 0 fully saturated rings. The fraction of sp³-hybridized carbons (Fsp3) is 0.0769. The van der Waals surface area contributed by atoms with Crippen LogP contribution in [-0.4, -0.2) is 0 Å². The van der Waals surface area contributed by atoms with Crippen LogP contribution in [0.2, 0.25) is 0 Å². The third-order valence-corrected chi connectivity index (χ3v) is 4.42. The van der Waals surface area contributed by atoms with Crippen LogP contribution in [0.25, 0.3) is 11.1 Å². The van der Waals surface area contributed by atoms with Crippen LogP contribution in [0.4, 0.5) is 0 Å². The molecule has 0 aliphatic heterocycles. The number of hydrogen-bond donors (Lipinski definition) is 0. The fourth-order valence-corrected chi connectivity index (χ4v) is 2.81. The van der Waals surface area contributed by atoms with Gasteiger partial charge in [-0.2, -0.15) is 47.6 Å². The molecule has 4 rings (SSSR count). The standard InChI is InChI=1S/2C13H11.2ClH.Zr/c2*1-11(13-9-5-6-10-13)12-7-3-2-4-8-12;;;/h2*2-9H,1H3;2*1H;/q2*-1;;;+2. The van der Waals surface area contributed by atoms with Crippen LogP contribution < -0.4 is 0 Å². The predicted molar refractivity (Wildman–Crippen MR) is 126 cm³/mol. The quantitative estimate of drug-likeness (QED) is 0.374.